The van der Waals surface area contributed by atoms with Gasteiger partial charge in [0.05, 0.1) is 23.8 Å². The van der Waals surface area contributed by atoms with Gasteiger partial charge < -0.3 is 10.6 Å². The van der Waals surface area contributed by atoms with Gasteiger partial charge >= 0.3 is 0 Å². The van der Waals surface area contributed by atoms with Crippen LogP contribution in [0.25, 0.3) is 0 Å². The highest BCUT2D eigenvalue weighted by Crippen LogP contribution is 2.48. The minimum absolute atomic E-state index is 0.0441. The summed E-state index contributed by atoms with van der Waals surface area (Å²) < 4.78 is 0. The lowest BCUT2D eigenvalue weighted by atomic mass is 9.93. The summed E-state index contributed by atoms with van der Waals surface area (Å²) in [6.45, 7) is 1.97. The van der Waals surface area contributed by atoms with Crippen molar-refractivity contribution in [1.29, 1.82) is 0 Å². The van der Waals surface area contributed by atoms with Crippen LogP contribution in [0.1, 0.15) is 24.0 Å². The maximum Gasteiger partial charge on any atom is 0.243 e. The number of rotatable bonds is 5. The SMILES string of the molecule is Cc1cccc(C2(C(=O)NCC(=O)Nc3cn[nH]c3)CC2)c1. The number of aromatic nitrogens is 2. The molecule has 6 nitrogen and oxygen atoms in total. The largest absolute Gasteiger partial charge is 0.346 e. The number of anilines is 1. The Morgan fingerprint density at radius 2 is 2.18 bits per heavy atom. The molecule has 3 rings (SSSR count). The maximum absolute atomic E-state index is 12.4. The van der Waals surface area contributed by atoms with Gasteiger partial charge in [-0.1, -0.05) is 29.8 Å². The summed E-state index contributed by atoms with van der Waals surface area (Å²) in [5, 5.41) is 11.7. The summed E-state index contributed by atoms with van der Waals surface area (Å²) in [5.74, 6) is -0.352. The molecule has 2 amide bonds. The predicted octanol–water partition coefficient (Wildman–Crippen LogP) is 1.50. The Kier molecular flexibility index (Phi) is 3.66. The average Bonchev–Trinajstić information content (AvgIpc) is 3.17. The normalized spacial score (nSPS) is 15.1. The molecule has 0 radical (unpaired) electrons. The Hall–Kier alpha value is -2.63. The smallest absolute Gasteiger partial charge is 0.243 e. The fourth-order valence-electron chi connectivity index (χ4n) is 2.57. The van der Waals surface area contributed by atoms with E-state index in [2.05, 4.69) is 20.8 Å². The van der Waals surface area contributed by atoms with E-state index < -0.39 is 5.41 Å². The molecule has 1 aliphatic carbocycles. The van der Waals surface area contributed by atoms with Crippen LogP contribution in [0.4, 0.5) is 5.69 Å². The number of hydrogen-bond donors (Lipinski definition) is 3. The first-order chi connectivity index (χ1) is 10.6. The van der Waals surface area contributed by atoms with Crippen LogP contribution < -0.4 is 10.6 Å². The van der Waals surface area contributed by atoms with Gasteiger partial charge in [-0.15, -0.1) is 0 Å². The van der Waals surface area contributed by atoms with E-state index >= 15 is 0 Å². The van der Waals surface area contributed by atoms with Crippen molar-refractivity contribution in [2.45, 2.75) is 25.2 Å². The second-order valence-corrected chi connectivity index (χ2v) is 5.67. The third-order valence-corrected chi connectivity index (χ3v) is 3.95. The number of hydrogen-bond acceptors (Lipinski definition) is 3. The number of aryl methyl sites for hydroxylation is 1. The molecule has 1 fully saturated rings. The minimum atomic E-state index is -0.456. The summed E-state index contributed by atoms with van der Waals surface area (Å²) in [7, 11) is 0. The zero-order valence-electron chi connectivity index (χ0n) is 12.3. The van der Waals surface area contributed by atoms with Gasteiger partial charge in [0.25, 0.3) is 0 Å². The first-order valence-electron chi connectivity index (χ1n) is 7.24. The van der Waals surface area contributed by atoms with E-state index in [-0.39, 0.29) is 18.4 Å². The fourth-order valence-corrected chi connectivity index (χ4v) is 2.57. The van der Waals surface area contributed by atoms with Crippen molar-refractivity contribution in [3.63, 3.8) is 0 Å². The van der Waals surface area contributed by atoms with Crippen molar-refractivity contribution in [3.8, 4) is 0 Å². The highest BCUT2D eigenvalue weighted by Gasteiger charge is 2.51. The van der Waals surface area contributed by atoms with Crippen molar-refractivity contribution >= 4 is 17.5 Å². The van der Waals surface area contributed by atoms with Crippen LogP contribution in [-0.2, 0) is 15.0 Å². The molecule has 1 saturated carbocycles. The molecule has 1 heterocycles. The fraction of sp³-hybridized carbons (Fsp3) is 0.312. The Bertz CT molecular complexity index is 690. The summed E-state index contributed by atoms with van der Waals surface area (Å²) in [4.78, 5) is 24.2. The second kappa shape index (κ2) is 5.63. The van der Waals surface area contributed by atoms with Crippen LogP contribution in [0.2, 0.25) is 0 Å². The molecule has 114 valence electrons. The number of benzene rings is 1. The minimum Gasteiger partial charge on any atom is -0.346 e. The van der Waals surface area contributed by atoms with Crippen LogP contribution in [0, 0.1) is 6.92 Å². The molecule has 0 spiro atoms. The van der Waals surface area contributed by atoms with Gasteiger partial charge in [0, 0.05) is 6.20 Å². The molecule has 0 saturated heterocycles. The topological polar surface area (TPSA) is 86.9 Å². The second-order valence-electron chi connectivity index (χ2n) is 5.67. The number of aromatic amines is 1. The van der Waals surface area contributed by atoms with Crippen LogP contribution in [0.5, 0.6) is 0 Å². The Labute approximate surface area is 128 Å². The van der Waals surface area contributed by atoms with Gasteiger partial charge in [-0.2, -0.15) is 5.10 Å². The molecule has 6 heteroatoms. The van der Waals surface area contributed by atoms with Crippen molar-refractivity contribution in [1.82, 2.24) is 15.5 Å². The Morgan fingerprint density at radius 3 is 2.82 bits per heavy atom. The van der Waals surface area contributed by atoms with E-state index in [0.717, 1.165) is 24.0 Å². The number of amides is 2. The van der Waals surface area contributed by atoms with Crippen LogP contribution in [0.3, 0.4) is 0 Å². The number of H-pyrrole nitrogens is 1. The number of carbonyl (C=O) groups is 2. The molecular formula is C16H18N4O2. The lowest BCUT2D eigenvalue weighted by Crippen LogP contribution is -2.39. The zero-order valence-corrected chi connectivity index (χ0v) is 12.3. The maximum atomic E-state index is 12.4. The van der Waals surface area contributed by atoms with Gasteiger partial charge in [-0.05, 0) is 25.3 Å². The van der Waals surface area contributed by atoms with E-state index in [0.29, 0.717) is 5.69 Å². The molecule has 2 aromatic rings. The standard InChI is InChI=1S/C16H18N4O2/c1-11-3-2-4-12(7-11)16(5-6-16)15(22)17-10-14(21)20-13-8-18-19-9-13/h2-4,7-9H,5-6,10H2,1H3,(H,17,22)(H,18,19)(H,20,21). The van der Waals surface area contributed by atoms with Crippen molar-refractivity contribution in [2.24, 2.45) is 0 Å². The quantitative estimate of drug-likeness (QED) is 0.782. The molecule has 0 atom stereocenters. The summed E-state index contributed by atoms with van der Waals surface area (Å²) >= 11 is 0. The van der Waals surface area contributed by atoms with E-state index in [1.807, 2.05) is 31.2 Å². The molecule has 1 aromatic heterocycles. The van der Waals surface area contributed by atoms with Crippen molar-refractivity contribution in [3.05, 3.63) is 47.8 Å². The third-order valence-electron chi connectivity index (χ3n) is 3.95. The van der Waals surface area contributed by atoms with Crippen LogP contribution >= 0.6 is 0 Å². The lowest BCUT2D eigenvalue weighted by molar-refractivity contribution is -0.126. The summed E-state index contributed by atoms with van der Waals surface area (Å²) in [6.07, 6.45) is 4.74. The van der Waals surface area contributed by atoms with Gasteiger partial charge in [-0.25, -0.2) is 0 Å². The number of nitrogens with zero attached hydrogens (tertiary/aromatic N) is 1. The highest BCUT2D eigenvalue weighted by molar-refractivity contribution is 5.97. The predicted molar refractivity (Wildman–Crippen MR) is 82.3 cm³/mol. The van der Waals surface area contributed by atoms with Gasteiger partial charge in [0.2, 0.25) is 11.8 Å². The molecule has 1 aliphatic rings. The van der Waals surface area contributed by atoms with Crippen LogP contribution in [0.15, 0.2) is 36.7 Å². The molecular weight excluding hydrogens is 280 g/mol. The molecule has 0 bridgehead atoms. The van der Waals surface area contributed by atoms with Crippen molar-refractivity contribution in [2.75, 3.05) is 11.9 Å². The van der Waals surface area contributed by atoms with E-state index in [4.69, 9.17) is 0 Å². The van der Waals surface area contributed by atoms with Crippen molar-refractivity contribution < 1.29 is 9.59 Å². The Morgan fingerprint density at radius 1 is 1.36 bits per heavy atom. The Balaban J connectivity index is 1.59. The van der Waals surface area contributed by atoms with Gasteiger partial charge in [0.15, 0.2) is 0 Å². The third kappa shape index (κ3) is 2.86. The molecule has 1 aromatic carbocycles. The first kappa shape index (κ1) is 14.3. The zero-order chi connectivity index (χ0) is 15.6. The monoisotopic (exact) mass is 298 g/mol. The van der Waals surface area contributed by atoms with E-state index in [1.54, 1.807) is 6.20 Å². The summed E-state index contributed by atoms with van der Waals surface area (Å²) in [6, 6.07) is 7.99. The lowest BCUT2D eigenvalue weighted by Gasteiger charge is -2.16. The molecule has 0 aliphatic heterocycles. The molecule has 22 heavy (non-hydrogen) atoms. The first-order valence-corrected chi connectivity index (χ1v) is 7.24. The number of carbonyl (C=O) groups excluding carboxylic acids is 2. The van der Waals surface area contributed by atoms with Crippen LogP contribution in [-0.4, -0.2) is 28.6 Å². The van der Waals surface area contributed by atoms with Gasteiger partial charge in [-0.3, -0.25) is 14.7 Å². The highest BCUT2D eigenvalue weighted by atomic mass is 16.2. The van der Waals surface area contributed by atoms with E-state index in [1.165, 1.54) is 6.20 Å². The van der Waals surface area contributed by atoms with E-state index in [9.17, 15) is 9.59 Å². The molecule has 0 unspecified atom stereocenters. The van der Waals surface area contributed by atoms with Gasteiger partial charge in [0.1, 0.15) is 0 Å². The summed E-state index contributed by atoms with van der Waals surface area (Å²) in [5.41, 5.74) is 2.29. The average molecular weight is 298 g/mol. The number of nitrogens with one attached hydrogen (secondary N) is 3. The molecule has 3 N–H and O–H groups in total.